The second-order valence-electron chi connectivity index (χ2n) is 5.11. The summed E-state index contributed by atoms with van der Waals surface area (Å²) in [6, 6.07) is 0. The number of hydrogen-bond donors (Lipinski definition) is 2. The lowest BCUT2D eigenvalue weighted by atomic mass is 9.97. The van der Waals surface area contributed by atoms with E-state index in [4.69, 9.17) is 0 Å². The molecule has 2 rings (SSSR count). The molecule has 1 aromatic heterocycles. The third-order valence-electron chi connectivity index (χ3n) is 2.99. The molecular formula is C12H21ClN4OS. The SMILES string of the molecule is CC(C)Cc1nnc(NC(=O)C2CCNCC2)s1.Cl. The van der Waals surface area contributed by atoms with Gasteiger partial charge in [0.05, 0.1) is 0 Å². The molecule has 2 N–H and O–H groups in total. The van der Waals surface area contributed by atoms with Gasteiger partial charge < -0.3 is 10.6 Å². The summed E-state index contributed by atoms with van der Waals surface area (Å²) < 4.78 is 0. The van der Waals surface area contributed by atoms with E-state index in [9.17, 15) is 4.79 Å². The number of nitrogens with zero attached hydrogens (tertiary/aromatic N) is 2. The molecular weight excluding hydrogens is 284 g/mol. The Morgan fingerprint density at radius 2 is 2.11 bits per heavy atom. The van der Waals surface area contributed by atoms with Gasteiger partial charge in [-0.25, -0.2) is 0 Å². The van der Waals surface area contributed by atoms with Crippen LogP contribution in [-0.4, -0.2) is 29.2 Å². The van der Waals surface area contributed by atoms with Crippen LogP contribution >= 0.6 is 23.7 Å². The molecule has 0 saturated carbocycles. The molecule has 1 aliphatic rings. The van der Waals surface area contributed by atoms with Crippen LogP contribution in [0.3, 0.4) is 0 Å². The summed E-state index contributed by atoms with van der Waals surface area (Å²) in [5.74, 6) is 0.762. The first-order valence-corrected chi connectivity index (χ1v) is 7.30. The molecule has 2 heterocycles. The van der Waals surface area contributed by atoms with Crippen molar-refractivity contribution in [1.29, 1.82) is 0 Å². The van der Waals surface area contributed by atoms with Gasteiger partial charge in [-0.2, -0.15) is 0 Å². The summed E-state index contributed by atoms with van der Waals surface area (Å²) in [5.41, 5.74) is 0. The first kappa shape index (κ1) is 16.3. The first-order chi connectivity index (χ1) is 8.65. The molecule has 0 radical (unpaired) electrons. The Balaban J connectivity index is 0.00000180. The molecule has 1 saturated heterocycles. The highest BCUT2D eigenvalue weighted by Gasteiger charge is 2.21. The van der Waals surface area contributed by atoms with Crippen molar-refractivity contribution >= 4 is 34.8 Å². The zero-order chi connectivity index (χ0) is 13.0. The van der Waals surface area contributed by atoms with E-state index in [-0.39, 0.29) is 24.2 Å². The summed E-state index contributed by atoms with van der Waals surface area (Å²) in [4.78, 5) is 12.0. The molecule has 1 amide bonds. The van der Waals surface area contributed by atoms with Gasteiger partial charge in [0.1, 0.15) is 5.01 Å². The molecule has 1 fully saturated rings. The first-order valence-electron chi connectivity index (χ1n) is 6.49. The predicted molar refractivity (Wildman–Crippen MR) is 79.9 cm³/mol. The predicted octanol–water partition coefficient (Wildman–Crippen LogP) is 2.10. The van der Waals surface area contributed by atoms with E-state index in [1.54, 1.807) is 0 Å². The lowest BCUT2D eigenvalue weighted by Gasteiger charge is -2.20. The molecule has 0 aliphatic carbocycles. The Hall–Kier alpha value is -0.720. The van der Waals surface area contributed by atoms with Crippen LogP contribution in [-0.2, 0) is 11.2 Å². The topological polar surface area (TPSA) is 66.9 Å². The summed E-state index contributed by atoms with van der Waals surface area (Å²) >= 11 is 1.48. The van der Waals surface area contributed by atoms with E-state index in [2.05, 4.69) is 34.7 Å². The van der Waals surface area contributed by atoms with Crippen LogP contribution in [0.2, 0.25) is 0 Å². The fourth-order valence-corrected chi connectivity index (χ4v) is 2.98. The van der Waals surface area contributed by atoms with Gasteiger partial charge in [0.25, 0.3) is 0 Å². The van der Waals surface area contributed by atoms with Crippen molar-refractivity contribution in [3.63, 3.8) is 0 Å². The molecule has 108 valence electrons. The highest BCUT2D eigenvalue weighted by atomic mass is 35.5. The minimum absolute atomic E-state index is 0. The maximum absolute atomic E-state index is 12.0. The van der Waals surface area contributed by atoms with Crippen molar-refractivity contribution in [2.45, 2.75) is 33.1 Å². The normalized spacial score (nSPS) is 16.2. The summed E-state index contributed by atoms with van der Waals surface area (Å²) in [7, 11) is 0. The van der Waals surface area contributed by atoms with E-state index >= 15 is 0 Å². The molecule has 0 bridgehead atoms. The fourth-order valence-electron chi connectivity index (χ4n) is 2.03. The van der Waals surface area contributed by atoms with Crippen LogP contribution in [0.1, 0.15) is 31.7 Å². The minimum atomic E-state index is 0. The van der Waals surface area contributed by atoms with Crippen molar-refractivity contribution in [2.24, 2.45) is 11.8 Å². The van der Waals surface area contributed by atoms with Gasteiger partial charge in [0.2, 0.25) is 11.0 Å². The van der Waals surface area contributed by atoms with Crippen LogP contribution in [0.5, 0.6) is 0 Å². The van der Waals surface area contributed by atoms with Gasteiger partial charge in [0, 0.05) is 12.3 Å². The standard InChI is InChI=1S/C12H20N4OS.ClH/c1-8(2)7-10-15-16-12(18-10)14-11(17)9-3-5-13-6-4-9;/h8-9,13H,3-7H2,1-2H3,(H,14,16,17);1H. The fraction of sp³-hybridized carbons (Fsp3) is 0.750. The Morgan fingerprint density at radius 1 is 1.42 bits per heavy atom. The molecule has 1 aromatic rings. The van der Waals surface area contributed by atoms with Crippen LogP contribution in [0.25, 0.3) is 0 Å². The summed E-state index contributed by atoms with van der Waals surface area (Å²) in [6.45, 7) is 6.14. The van der Waals surface area contributed by atoms with Crippen molar-refractivity contribution in [2.75, 3.05) is 18.4 Å². The number of hydrogen-bond acceptors (Lipinski definition) is 5. The zero-order valence-corrected chi connectivity index (χ0v) is 12.9. The Morgan fingerprint density at radius 3 is 2.74 bits per heavy atom. The molecule has 5 nitrogen and oxygen atoms in total. The Bertz CT molecular complexity index is 404. The third kappa shape index (κ3) is 5.04. The maximum Gasteiger partial charge on any atom is 0.229 e. The molecule has 0 unspecified atom stereocenters. The number of nitrogens with one attached hydrogen (secondary N) is 2. The number of piperidine rings is 1. The van der Waals surface area contributed by atoms with E-state index in [0.29, 0.717) is 11.0 Å². The van der Waals surface area contributed by atoms with Gasteiger partial charge in [-0.3, -0.25) is 4.79 Å². The van der Waals surface area contributed by atoms with Gasteiger partial charge in [0.15, 0.2) is 0 Å². The van der Waals surface area contributed by atoms with Crippen molar-refractivity contribution in [1.82, 2.24) is 15.5 Å². The maximum atomic E-state index is 12.0. The zero-order valence-electron chi connectivity index (χ0n) is 11.3. The quantitative estimate of drug-likeness (QED) is 0.894. The monoisotopic (exact) mass is 304 g/mol. The Kier molecular flexibility index (Phi) is 6.68. The lowest BCUT2D eigenvalue weighted by molar-refractivity contribution is -0.120. The third-order valence-corrected chi connectivity index (χ3v) is 3.85. The molecule has 0 aromatic carbocycles. The van der Waals surface area contributed by atoms with Crippen LogP contribution in [0.4, 0.5) is 5.13 Å². The van der Waals surface area contributed by atoms with E-state index in [0.717, 1.165) is 37.4 Å². The van der Waals surface area contributed by atoms with Crippen molar-refractivity contribution < 1.29 is 4.79 Å². The van der Waals surface area contributed by atoms with Crippen molar-refractivity contribution in [3.8, 4) is 0 Å². The van der Waals surface area contributed by atoms with Gasteiger partial charge >= 0.3 is 0 Å². The largest absolute Gasteiger partial charge is 0.317 e. The second kappa shape index (κ2) is 7.77. The molecule has 7 heteroatoms. The number of carbonyl (C=O) groups is 1. The number of rotatable bonds is 4. The molecule has 19 heavy (non-hydrogen) atoms. The minimum Gasteiger partial charge on any atom is -0.317 e. The van der Waals surface area contributed by atoms with Crippen molar-refractivity contribution in [3.05, 3.63) is 5.01 Å². The summed E-state index contributed by atoms with van der Waals surface area (Å²) in [6.07, 6.45) is 2.73. The van der Waals surface area contributed by atoms with Gasteiger partial charge in [-0.05, 0) is 31.8 Å². The summed E-state index contributed by atoms with van der Waals surface area (Å²) in [5, 5.41) is 15.9. The molecule has 1 aliphatic heterocycles. The number of halogens is 1. The van der Waals surface area contributed by atoms with Crippen LogP contribution in [0, 0.1) is 11.8 Å². The lowest BCUT2D eigenvalue weighted by Crippen LogP contribution is -2.34. The van der Waals surface area contributed by atoms with Gasteiger partial charge in [-0.15, -0.1) is 22.6 Å². The highest BCUT2D eigenvalue weighted by Crippen LogP contribution is 2.20. The Labute approximate surface area is 124 Å². The van der Waals surface area contributed by atoms with E-state index < -0.39 is 0 Å². The number of anilines is 1. The smallest absolute Gasteiger partial charge is 0.229 e. The van der Waals surface area contributed by atoms with E-state index in [1.807, 2.05) is 0 Å². The molecule has 0 atom stereocenters. The average molecular weight is 305 g/mol. The number of amides is 1. The number of aromatic nitrogens is 2. The number of carbonyl (C=O) groups excluding carboxylic acids is 1. The highest BCUT2D eigenvalue weighted by molar-refractivity contribution is 7.15. The second-order valence-corrected chi connectivity index (χ2v) is 6.17. The van der Waals surface area contributed by atoms with E-state index in [1.165, 1.54) is 11.3 Å². The van der Waals surface area contributed by atoms with Crippen LogP contribution < -0.4 is 10.6 Å². The van der Waals surface area contributed by atoms with Gasteiger partial charge in [-0.1, -0.05) is 25.2 Å². The average Bonchev–Trinajstić information content (AvgIpc) is 2.76. The molecule has 0 spiro atoms. The van der Waals surface area contributed by atoms with Crippen LogP contribution in [0.15, 0.2) is 0 Å².